The normalized spacial score (nSPS) is 10.7. The van der Waals surface area contributed by atoms with E-state index in [-0.39, 0.29) is 5.91 Å². The number of aryl methyl sites for hydroxylation is 1. The molecule has 0 atom stereocenters. The number of amides is 1. The van der Waals surface area contributed by atoms with Crippen molar-refractivity contribution in [2.75, 3.05) is 24.3 Å². The van der Waals surface area contributed by atoms with Crippen LogP contribution in [0, 0.1) is 6.92 Å². The van der Waals surface area contributed by atoms with Gasteiger partial charge in [-0.25, -0.2) is 4.98 Å². The molecular weight excluding hydrogens is 378 g/mol. The molecule has 4 rings (SSSR count). The SMILES string of the molecule is COc1ccccc1-c1nc2cnccn2c1NCCC(=O)Nc1cccc(C)c1. The fourth-order valence-electron chi connectivity index (χ4n) is 3.34. The van der Waals surface area contributed by atoms with Gasteiger partial charge in [0.15, 0.2) is 5.65 Å². The number of nitrogens with zero attached hydrogens (tertiary/aromatic N) is 3. The van der Waals surface area contributed by atoms with E-state index in [1.165, 1.54) is 0 Å². The van der Waals surface area contributed by atoms with Gasteiger partial charge in [-0.15, -0.1) is 0 Å². The van der Waals surface area contributed by atoms with Crippen molar-refractivity contribution >= 4 is 23.1 Å². The monoisotopic (exact) mass is 401 g/mol. The highest BCUT2D eigenvalue weighted by atomic mass is 16.5. The van der Waals surface area contributed by atoms with Crippen LogP contribution in [0.25, 0.3) is 16.9 Å². The van der Waals surface area contributed by atoms with Gasteiger partial charge in [-0.3, -0.25) is 14.2 Å². The van der Waals surface area contributed by atoms with E-state index in [0.717, 1.165) is 34.1 Å². The Bertz CT molecular complexity index is 1190. The van der Waals surface area contributed by atoms with Crippen molar-refractivity contribution in [1.82, 2.24) is 14.4 Å². The minimum atomic E-state index is -0.0533. The van der Waals surface area contributed by atoms with Gasteiger partial charge in [0.05, 0.1) is 13.3 Å². The molecule has 0 saturated heterocycles. The lowest BCUT2D eigenvalue weighted by atomic mass is 10.1. The van der Waals surface area contributed by atoms with Crippen LogP contribution in [-0.4, -0.2) is 33.9 Å². The van der Waals surface area contributed by atoms with Gasteiger partial charge in [0, 0.05) is 36.6 Å². The van der Waals surface area contributed by atoms with Crippen LogP contribution in [0.15, 0.2) is 67.1 Å². The number of nitrogens with one attached hydrogen (secondary N) is 2. The first kappa shape index (κ1) is 19.4. The van der Waals surface area contributed by atoms with E-state index in [0.29, 0.717) is 18.6 Å². The van der Waals surface area contributed by atoms with Crippen LogP contribution in [0.3, 0.4) is 0 Å². The zero-order valence-electron chi connectivity index (χ0n) is 16.9. The molecule has 4 aromatic rings. The molecule has 0 unspecified atom stereocenters. The van der Waals surface area contributed by atoms with Crippen LogP contribution >= 0.6 is 0 Å². The maximum Gasteiger partial charge on any atom is 0.226 e. The summed E-state index contributed by atoms with van der Waals surface area (Å²) in [5, 5.41) is 6.30. The first-order valence-electron chi connectivity index (χ1n) is 9.71. The molecule has 30 heavy (non-hydrogen) atoms. The third-order valence-corrected chi connectivity index (χ3v) is 4.74. The van der Waals surface area contributed by atoms with Crippen LogP contribution in [0.2, 0.25) is 0 Å². The number of para-hydroxylation sites is 1. The second-order valence-corrected chi connectivity index (χ2v) is 6.91. The van der Waals surface area contributed by atoms with Gasteiger partial charge in [-0.2, -0.15) is 0 Å². The summed E-state index contributed by atoms with van der Waals surface area (Å²) in [6.45, 7) is 2.45. The van der Waals surface area contributed by atoms with Crippen molar-refractivity contribution in [1.29, 1.82) is 0 Å². The molecule has 0 fully saturated rings. The second-order valence-electron chi connectivity index (χ2n) is 6.91. The number of ether oxygens (including phenoxy) is 1. The maximum atomic E-state index is 12.4. The molecule has 2 aromatic carbocycles. The number of rotatable bonds is 7. The number of methoxy groups -OCH3 is 1. The molecule has 152 valence electrons. The minimum Gasteiger partial charge on any atom is -0.496 e. The van der Waals surface area contributed by atoms with Crippen molar-refractivity contribution in [3.63, 3.8) is 0 Å². The van der Waals surface area contributed by atoms with Crippen LogP contribution in [-0.2, 0) is 4.79 Å². The zero-order valence-corrected chi connectivity index (χ0v) is 16.9. The Morgan fingerprint density at radius 3 is 2.87 bits per heavy atom. The van der Waals surface area contributed by atoms with E-state index in [9.17, 15) is 4.79 Å². The molecule has 0 saturated carbocycles. The fraction of sp³-hybridized carbons (Fsp3) is 0.174. The molecule has 2 N–H and O–H groups in total. The number of imidazole rings is 1. The van der Waals surface area contributed by atoms with Gasteiger partial charge in [0.25, 0.3) is 0 Å². The Hall–Kier alpha value is -3.87. The molecule has 0 aliphatic heterocycles. The predicted octanol–water partition coefficient (Wildman–Crippen LogP) is 4.15. The van der Waals surface area contributed by atoms with E-state index < -0.39 is 0 Å². The molecule has 0 bridgehead atoms. The molecule has 0 aliphatic rings. The van der Waals surface area contributed by atoms with Gasteiger partial charge in [0.1, 0.15) is 17.3 Å². The number of carbonyl (C=O) groups is 1. The van der Waals surface area contributed by atoms with Crippen molar-refractivity contribution in [2.24, 2.45) is 0 Å². The predicted molar refractivity (Wildman–Crippen MR) is 118 cm³/mol. The Kier molecular flexibility index (Phi) is 5.61. The smallest absolute Gasteiger partial charge is 0.226 e. The van der Waals surface area contributed by atoms with E-state index in [1.807, 2.05) is 66.1 Å². The fourth-order valence-corrected chi connectivity index (χ4v) is 3.34. The summed E-state index contributed by atoms with van der Waals surface area (Å²) in [6, 6.07) is 15.5. The van der Waals surface area contributed by atoms with Crippen molar-refractivity contribution in [3.8, 4) is 17.0 Å². The zero-order chi connectivity index (χ0) is 20.9. The number of benzene rings is 2. The van der Waals surface area contributed by atoms with Crippen molar-refractivity contribution < 1.29 is 9.53 Å². The number of fused-ring (bicyclic) bond motifs is 1. The number of hydrogen-bond acceptors (Lipinski definition) is 5. The number of aromatic nitrogens is 3. The summed E-state index contributed by atoms with van der Waals surface area (Å²) >= 11 is 0. The standard InChI is InChI=1S/C23H23N5O2/c1-16-6-5-7-17(14-16)26-21(29)10-11-25-23-22(18-8-3-4-9-19(18)30-2)27-20-15-24-12-13-28(20)23/h3-9,12-15,25H,10-11H2,1-2H3,(H,26,29). The van der Waals surface area contributed by atoms with Crippen LogP contribution in [0.4, 0.5) is 11.5 Å². The molecule has 7 nitrogen and oxygen atoms in total. The molecule has 0 aliphatic carbocycles. The summed E-state index contributed by atoms with van der Waals surface area (Å²) in [5.74, 6) is 1.47. The lowest BCUT2D eigenvalue weighted by molar-refractivity contribution is -0.115. The lowest BCUT2D eigenvalue weighted by Gasteiger charge is -2.11. The summed E-state index contributed by atoms with van der Waals surface area (Å²) in [6.07, 6.45) is 5.57. The molecular formula is C23H23N5O2. The van der Waals surface area contributed by atoms with Gasteiger partial charge < -0.3 is 15.4 Å². The first-order chi connectivity index (χ1) is 14.7. The van der Waals surface area contributed by atoms with Gasteiger partial charge in [-0.05, 0) is 36.8 Å². The Morgan fingerprint density at radius 1 is 1.17 bits per heavy atom. The summed E-state index contributed by atoms with van der Waals surface area (Å²) in [7, 11) is 1.64. The third-order valence-electron chi connectivity index (χ3n) is 4.74. The Balaban J connectivity index is 1.54. The molecule has 7 heteroatoms. The van der Waals surface area contributed by atoms with Gasteiger partial charge >= 0.3 is 0 Å². The summed E-state index contributed by atoms with van der Waals surface area (Å²) in [4.78, 5) is 21.3. The number of hydrogen-bond donors (Lipinski definition) is 2. The molecule has 2 aromatic heterocycles. The highest BCUT2D eigenvalue weighted by molar-refractivity contribution is 5.91. The van der Waals surface area contributed by atoms with Gasteiger partial charge in [-0.1, -0.05) is 24.3 Å². The quantitative estimate of drug-likeness (QED) is 0.486. The average molecular weight is 401 g/mol. The molecule has 1 amide bonds. The van der Waals surface area contributed by atoms with Crippen LogP contribution < -0.4 is 15.4 Å². The minimum absolute atomic E-state index is 0.0533. The highest BCUT2D eigenvalue weighted by Crippen LogP contribution is 2.34. The Morgan fingerprint density at radius 2 is 2.03 bits per heavy atom. The molecule has 0 radical (unpaired) electrons. The molecule has 0 spiro atoms. The topological polar surface area (TPSA) is 80.6 Å². The summed E-state index contributed by atoms with van der Waals surface area (Å²) < 4.78 is 7.44. The van der Waals surface area contributed by atoms with E-state index in [2.05, 4.69) is 15.6 Å². The van der Waals surface area contributed by atoms with Crippen LogP contribution in [0.5, 0.6) is 5.75 Å². The largest absolute Gasteiger partial charge is 0.496 e. The summed E-state index contributed by atoms with van der Waals surface area (Å²) in [5.41, 5.74) is 4.24. The van der Waals surface area contributed by atoms with E-state index in [4.69, 9.17) is 9.72 Å². The first-order valence-corrected chi connectivity index (χ1v) is 9.71. The van der Waals surface area contributed by atoms with Crippen molar-refractivity contribution in [2.45, 2.75) is 13.3 Å². The lowest BCUT2D eigenvalue weighted by Crippen LogP contribution is -2.17. The number of carbonyl (C=O) groups excluding carboxylic acids is 1. The van der Waals surface area contributed by atoms with Crippen LogP contribution in [0.1, 0.15) is 12.0 Å². The average Bonchev–Trinajstić information content (AvgIpc) is 3.12. The van der Waals surface area contributed by atoms with Crippen molar-refractivity contribution in [3.05, 3.63) is 72.7 Å². The third kappa shape index (κ3) is 4.10. The highest BCUT2D eigenvalue weighted by Gasteiger charge is 2.17. The Labute approximate surface area is 174 Å². The molecule has 2 heterocycles. The number of anilines is 2. The van der Waals surface area contributed by atoms with E-state index in [1.54, 1.807) is 19.5 Å². The maximum absolute atomic E-state index is 12.4. The van der Waals surface area contributed by atoms with E-state index >= 15 is 0 Å². The van der Waals surface area contributed by atoms with Gasteiger partial charge in [0.2, 0.25) is 5.91 Å². The second kappa shape index (κ2) is 8.65.